The van der Waals surface area contributed by atoms with Crippen molar-refractivity contribution in [1.82, 2.24) is 0 Å². The van der Waals surface area contributed by atoms with E-state index >= 15 is 0 Å². The number of aliphatic hydroxyl groups excluding tert-OH is 1. The average Bonchev–Trinajstić information content (AvgIpc) is 2.76. The first-order valence-corrected chi connectivity index (χ1v) is 6.60. The van der Waals surface area contributed by atoms with E-state index in [0.29, 0.717) is 22.4 Å². The molecular weight excluding hydrogens is 259 g/mol. The predicted molar refractivity (Wildman–Crippen MR) is 69.7 cm³/mol. The number of hydrogen-bond donors (Lipinski definition) is 1. The van der Waals surface area contributed by atoms with Gasteiger partial charge in [0.1, 0.15) is 0 Å². The van der Waals surface area contributed by atoms with Gasteiger partial charge in [0.2, 0.25) is 0 Å². The van der Waals surface area contributed by atoms with Gasteiger partial charge in [-0.3, -0.25) is 0 Å². The SMILES string of the molecule is OC(Cc1ccc(Cl)c(Cl)c1)CC1CCOC1. The molecule has 0 aliphatic carbocycles. The van der Waals surface area contributed by atoms with Crippen LogP contribution in [0.15, 0.2) is 18.2 Å². The summed E-state index contributed by atoms with van der Waals surface area (Å²) in [5.74, 6) is 0.493. The second kappa shape index (κ2) is 6.05. The highest BCUT2D eigenvalue weighted by atomic mass is 35.5. The molecule has 1 aliphatic heterocycles. The van der Waals surface area contributed by atoms with Crippen LogP contribution in [0.4, 0.5) is 0 Å². The topological polar surface area (TPSA) is 29.5 Å². The van der Waals surface area contributed by atoms with Crippen LogP contribution in [0.1, 0.15) is 18.4 Å². The van der Waals surface area contributed by atoms with E-state index in [1.54, 1.807) is 6.07 Å². The molecular formula is C13H16Cl2O2. The van der Waals surface area contributed by atoms with Crippen LogP contribution in [0.25, 0.3) is 0 Å². The molecule has 0 radical (unpaired) electrons. The van der Waals surface area contributed by atoms with Crippen molar-refractivity contribution in [1.29, 1.82) is 0 Å². The zero-order valence-corrected chi connectivity index (χ0v) is 11.0. The quantitative estimate of drug-likeness (QED) is 0.913. The van der Waals surface area contributed by atoms with E-state index in [1.807, 2.05) is 12.1 Å². The minimum atomic E-state index is -0.334. The Kier molecular flexibility index (Phi) is 4.69. The molecule has 1 fully saturated rings. The van der Waals surface area contributed by atoms with Crippen molar-refractivity contribution in [2.24, 2.45) is 5.92 Å². The normalized spacial score (nSPS) is 21.7. The van der Waals surface area contributed by atoms with Gasteiger partial charge >= 0.3 is 0 Å². The summed E-state index contributed by atoms with van der Waals surface area (Å²) in [4.78, 5) is 0. The van der Waals surface area contributed by atoms with Crippen LogP contribution in [0.5, 0.6) is 0 Å². The second-order valence-corrected chi connectivity index (χ2v) is 5.39. The first-order valence-electron chi connectivity index (χ1n) is 5.85. The maximum atomic E-state index is 9.99. The van der Waals surface area contributed by atoms with Crippen molar-refractivity contribution in [2.45, 2.75) is 25.4 Å². The summed E-state index contributed by atoms with van der Waals surface area (Å²) in [7, 11) is 0. The van der Waals surface area contributed by atoms with E-state index in [-0.39, 0.29) is 6.10 Å². The third kappa shape index (κ3) is 3.85. The van der Waals surface area contributed by atoms with Crippen LogP contribution < -0.4 is 0 Å². The van der Waals surface area contributed by atoms with Crippen LogP contribution >= 0.6 is 23.2 Å². The number of ether oxygens (including phenoxy) is 1. The molecule has 17 heavy (non-hydrogen) atoms. The molecule has 0 spiro atoms. The van der Waals surface area contributed by atoms with Crippen LogP contribution in [-0.2, 0) is 11.2 Å². The molecule has 1 aromatic rings. The van der Waals surface area contributed by atoms with Crippen molar-refractivity contribution < 1.29 is 9.84 Å². The van der Waals surface area contributed by atoms with Crippen LogP contribution in [-0.4, -0.2) is 24.4 Å². The van der Waals surface area contributed by atoms with E-state index in [9.17, 15) is 5.11 Å². The smallest absolute Gasteiger partial charge is 0.0595 e. The molecule has 1 saturated heterocycles. The Labute approximate surface area is 111 Å². The Balaban J connectivity index is 1.88. The van der Waals surface area contributed by atoms with Crippen molar-refractivity contribution in [3.63, 3.8) is 0 Å². The lowest BCUT2D eigenvalue weighted by Gasteiger charge is -2.14. The minimum Gasteiger partial charge on any atom is -0.393 e. The molecule has 1 aliphatic rings. The van der Waals surface area contributed by atoms with E-state index in [0.717, 1.165) is 31.6 Å². The van der Waals surface area contributed by atoms with E-state index in [2.05, 4.69) is 0 Å². The summed E-state index contributed by atoms with van der Waals surface area (Å²) >= 11 is 11.8. The van der Waals surface area contributed by atoms with E-state index in [1.165, 1.54) is 0 Å². The van der Waals surface area contributed by atoms with Gasteiger partial charge in [-0.2, -0.15) is 0 Å². The highest BCUT2D eigenvalue weighted by molar-refractivity contribution is 6.42. The predicted octanol–water partition coefficient (Wildman–Crippen LogP) is 3.32. The monoisotopic (exact) mass is 274 g/mol. The summed E-state index contributed by atoms with van der Waals surface area (Å²) in [5.41, 5.74) is 1.02. The number of benzene rings is 1. The van der Waals surface area contributed by atoms with Gasteiger partial charge in [0, 0.05) is 13.2 Å². The molecule has 2 nitrogen and oxygen atoms in total. The molecule has 0 bridgehead atoms. The van der Waals surface area contributed by atoms with E-state index < -0.39 is 0 Å². The first kappa shape index (κ1) is 13.2. The third-order valence-corrected chi connectivity index (χ3v) is 3.82. The number of aliphatic hydroxyl groups is 1. The van der Waals surface area contributed by atoms with Crippen LogP contribution in [0, 0.1) is 5.92 Å². The maximum absolute atomic E-state index is 9.99. The van der Waals surface area contributed by atoms with Gasteiger partial charge in [-0.25, -0.2) is 0 Å². The molecule has 0 amide bonds. The lowest BCUT2D eigenvalue weighted by atomic mass is 9.97. The van der Waals surface area contributed by atoms with Gasteiger partial charge in [-0.05, 0) is 42.9 Å². The van der Waals surface area contributed by atoms with Crippen LogP contribution in [0.2, 0.25) is 10.0 Å². The Morgan fingerprint density at radius 2 is 2.18 bits per heavy atom. The Morgan fingerprint density at radius 1 is 1.35 bits per heavy atom. The van der Waals surface area contributed by atoms with Crippen molar-refractivity contribution >= 4 is 23.2 Å². The summed E-state index contributed by atoms with van der Waals surface area (Å²) < 4.78 is 5.29. The third-order valence-electron chi connectivity index (χ3n) is 3.08. The molecule has 0 aromatic heterocycles. The Morgan fingerprint density at radius 3 is 2.82 bits per heavy atom. The summed E-state index contributed by atoms with van der Waals surface area (Å²) in [6, 6.07) is 5.49. The molecule has 2 rings (SSSR count). The van der Waals surface area contributed by atoms with Crippen molar-refractivity contribution in [2.75, 3.05) is 13.2 Å². The molecule has 94 valence electrons. The van der Waals surface area contributed by atoms with Crippen LogP contribution in [0.3, 0.4) is 0 Å². The number of rotatable bonds is 4. The van der Waals surface area contributed by atoms with Crippen molar-refractivity contribution in [3.05, 3.63) is 33.8 Å². The molecule has 4 heteroatoms. The first-order chi connectivity index (χ1) is 8.15. The van der Waals surface area contributed by atoms with Gasteiger partial charge in [0.05, 0.1) is 16.1 Å². The lowest BCUT2D eigenvalue weighted by molar-refractivity contribution is 0.129. The van der Waals surface area contributed by atoms with Gasteiger partial charge < -0.3 is 9.84 Å². The zero-order chi connectivity index (χ0) is 12.3. The molecule has 1 N–H and O–H groups in total. The average molecular weight is 275 g/mol. The standard InChI is InChI=1S/C13H16Cl2O2/c14-12-2-1-9(7-13(12)15)5-11(16)6-10-3-4-17-8-10/h1-2,7,10-11,16H,3-6,8H2. The second-order valence-electron chi connectivity index (χ2n) is 4.57. The fourth-order valence-electron chi connectivity index (χ4n) is 2.18. The summed E-state index contributed by atoms with van der Waals surface area (Å²) in [5, 5.41) is 11.1. The lowest BCUT2D eigenvalue weighted by Crippen LogP contribution is -2.16. The minimum absolute atomic E-state index is 0.334. The largest absolute Gasteiger partial charge is 0.393 e. The Hall–Kier alpha value is -0.280. The van der Waals surface area contributed by atoms with Gasteiger partial charge in [-0.1, -0.05) is 29.3 Å². The molecule has 1 heterocycles. The van der Waals surface area contributed by atoms with Gasteiger partial charge in [0.25, 0.3) is 0 Å². The van der Waals surface area contributed by atoms with Gasteiger partial charge in [-0.15, -0.1) is 0 Å². The number of halogens is 2. The maximum Gasteiger partial charge on any atom is 0.0595 e. The fraction of sp³-hybridized carbons (Fsp3) is 0.538. The summed E-state index contributed by atoms with van der Waals surface area (Å²) in [6.45, 7) is 1.60. The molecule has 2 unspecified atom stereocenters. The number of hydrogen-bond acceptors (Lipinski definition) is 2. The highest BCUT2D eigenvalue weighted by Crippen LogP contribution is 2.25. The van der Waals surface area contributed by atoms with Crippen molar-refractivity contribution in [3.8, 4) is 0 Å². The highest BCUT2D eigenvalue weighted by Gasteiger charge is 2.19. The Bertz CT molecular complexity index is 376. The molecule has 1 aromatic carbocycles. The van der Waals surface area contributed by atoms with Gasteiger partial charge in [0.15, 0.2) is 0 Å². The summed E-state index contributed by atoms with van der Waals surface area (Å²) in [6.07, 6.45) is 2.13. The molecule has 2 atom stereocenters. The fourth-order valence-corrected chi connectivity index (χ4v) is 2.50. The molecule has 0 saturated carbocycles. The van der Waals surface area contributed by atoms with E-state index in [4.69, 9.17) is 27.9 Å². The zero-order valence-electron chi connectivity index (χ0n) is 9.53.